The maximum atomic E-state index is 12.2. The molecule has 0 saturated carbocycles. The summed E-state index contributed by atoms with van der Waals surface area (Å²) in [7, 11) is 0. The lowest BCUT2D eigenvalue weighted by atomic mass is 10.4. The van der Waals surface area contributed by atoms with Crippen molar-refractivity contribution in [3.05, 3.63) is 29.1 Å². The van der Waals surface area contributed by atoms with Crippen molar-refractivity contribution in [1.29, 1.82) is 0 Å². The van der Waals surface area contributed by atoms with E-state index >= 15 is 0 Å². The van der Waals surface area contributed by atoms with E-state index in [1.807, 2.05) is 0 Å². The van der Waals surface area contributed by atoms with Gasteiger partial charge in [-0.1, -0.05) is 0 Å². The molecule has 0 spiro atoms. The van der Waals surface area contributed by atoms with Crippen molar-refractivity contribution in [2.45, 2.75) is 6.43 Å². The van der Waals surface area contributed by atoms with Crippen molar-refractivity contribution in [3.8, 4) is 10.6 Å². The standard InChI is InChI=1S/C9H5F2NO2S/c10-8(11)9-12-3-7(15-9)6-2-1-5(4-13)14-6/h1-4,8H. The molecule has 78 valence electrons. The number of aldehydes is 1. The molecule has 0 saturated heterocycles. The molecule has 0 radical (unpaired) electrons. The Morgan fingerprint density at radius 2 is 2.27 bits per heavy atom. The van der Waals surface area contributed by atoms with Crippen molar-refractivity contribution >= 4 is 17.6 Å². The summed E-state index contributed by atoms with van der Waals surface area (Å²) >= 11 is 0.847. The molecule has 0 aliphatic carbocycles. The van der Waals surface area contributed by atoms with E-state index in [0.29, 0.717) is 16.9 Å². The van der Waals surface area contributed by atoms with Gasteiger partial charge in [0.25, 0.3) is 6.43 Å². The van der Waals surface area contributed by atoms with Gasteiger partial charge in [0.05, 0.1) is 4.88 Å². The number of thiazole rings is 1. The SMILES string of the molecule is O=Cc1ccc(-c2cnc(C(F)F)s2)o1. The molecule has 0 fully saturated rings. The van der Waals surface area contributed by atoms with Gasteiger partial charge in [0.2, 0.25) is 0 Å². The van der Waals surface area contributed by atoms with Crippen molar-refractivity contribution in [2.24, 2.45) is 0 Å². The summed E-state index contributed by atoms with van der Waals surface area (Å²) in [5, 5.41) is -0.256. The van der Waals surface area contributed by atoms with Crippen molar-refractivity contribution in [2.75, 3.05) is 0 Å². The van der Waals surface area contributed by atoms with Crippen LogP contribution in [0.1, 0.15) is 22.0 Å². The van der Waals surface area contributed by atoms with Gasteiger partial charge < -0.3 is 4.42 Å². The van der Waals surface area contributed by atoms with Crippen molar-refractivity contribution in [1.82, 2.24) is 4.98 Å². The molecule has 2 rings (SSSR count). The quantitative estimate of drug-likeness (QED) is 0.759. The van der Waals surface area contributed by atoms with E-state index in [2.05, 4.69) is 4.98 Å². The number of aromatic nitrogens is 1. The molecule has 3 nitrogen and oxygen atoms in total. The fourth-order valence-corrected chi connectivity index (χ4v) is 1.79. The van der Waals surface area contributed by atoms with Crippen LogP contribution in [0.2, 0.25) is 0 Å². The Balaban J connectivity index is 2.32. The van der Waals surface area contributed by atoms with Crippen LogP contribution >= 0.6 is 11.3 Å². The maximum absolute atomic E-state index is 12.2. The van der Waals surface area contributed by atoms with E-state index in [0.717, 1.165) is 11.3 Å². The Morgan fingerprint density at radius 3 is 2.80 bits per heavy atom. The molecular weight excluding hydrogens is 224 g/mol. The molecule has 0 bridgehead atoms. The number of furan rings is 1. The van der Waals surface area contributed by atoms with Crippen LogP contribution in [-0.2, 0) is 0 Å². The van der Waals surface area contributed by atoms with E-state index in [-0.39, 0.29) is 10.8 Å². The predicted octanol–water partition coefficient (Wildman–Crippen LogP) is 3.15. The molecule has 6 heteroatoms. The highest BCUT2D eigenvalue weighted by Crippen LogP contribution is 2.31. The Labute approximate surface area is 87.4 Å². The molecule has 0 unspecified atom stereocenters. The summed E-state index contributed by atoms with van der Waals surface area (Å²) in [6.45, 7) is 0. The second-order valence-corrected chi connectivity index (χ2v) is 3.75. The van der Waals surface area contributed by atoms with Gasteiger partial charge in [0, 0.05) is 6.20 Å². The van der Waals surface area contributed by atoms with Gasteiger partial charge in [-0.2, -0.15) is 0 Å². The van der Waals surface area contributed by atoms with Gasteiger partial charge in [-0.3, -0.25) is 4.79 Å². The summed E-state index contributed by atoms with van der Waals surface area (Å²) in [5.74, 6) is 0.540. The molecule has 0 amide bonds. The molecule has 0 N–H and O–H groups in total. The minimum atomic E-state index is -2.58. The number of halogens is 2. The topological polar surface area (TPSA) is 43.1 Å². The number of carbonyl (C=O) groups excluding carboxylic acids is 1. The number of nitrogens with zero attached hydrogens (tertiary/aromatic N) is 1. The van der Waals surface area contributed by atoms with E-state index in [9.17, 15) is 13.6 Å². The summed E-state index contributed by atoms with van der Waals surface area (Å²) < 4.78 is 29.5. The lowest BCUT2D eigenvalue weighted by molar-refractivity contribution is 0.110. The third kappa shape index (κ3) is 1.94. The number of hydrogen-bond acceptors (Lipinski definition) is 4. The predicted molar refractivity (Wildman–Crippen MR) is 50.2 cm³/mol. The number of hydrogen-bond donors (Lipinski definition) is 0. The third-order valence-corrected chi connectivity index (χ3v) is 2.72. The molecule has 0 aliphatic heterocycles. The van der Waals surface area contributed by atoms with Crippen LogP contribution in [0.15, 0.2) is 22.7 Å². The Hall–Kier alpha value is -1.56. The van der Waals surface area contributed by atoms with Crippen LogP contribution in [0.3, 0.4) is 0 Å². The second kappa shape index (κ2) is 3.90. The van der Waals surface area contributed by atoms with E-state index in [1.165, 1.54) is 12.3 Å². The normalized spacial score (nSPS) is 10.9. The first kappa shape index (κ1) is 9.97. The molecule has 15 heavy (non-hydrogen) atoms. The van der Waals surface area contributed by atoms with E-state index in [4.69, 9.17) is 4.42 Å². The van der Waals surface area contributed by atoms with Crippen molar-refractivity contribution in [3.63, 3.8) is 0 Å². The second-order valence-electron chi connectivity index (χ2n) is 2.68. The summed E-state index contributed by atoms with van der Waals surface area (Å²) in [6, 6.07) is 3.02. The van der Waals surface area contributed by atoms with Gasteiger partial charge in [-0.25, -0.2) is 13.8 Å². The van der Waals surface area contributed by atoms with Crippen molar-refractivity contribution < 1.29 is 18.0 Å². The van der Waals surface area contributed by atoms with Gasteiger partial charge in [0.15, 0.2) is 17.1 Å². The van der Waals surface area contributed by atoms with Crippen LogP contribution < -0.4 is 0 Å². The van der Waals surface area contributed by atoms with Crippen LogP contribution in [0.5, 0.6) is 0 Å². The molecule has 2 aromatic rings. The average Bonchev–Trinajstić information content (AvgIpc) is 2.86. The Kier molecular flexibility index (Phi) is 2.59. The molecule has 0 atom stereocenters. The smallest absolute Gasteiger partial charge is 0.289 e. The lowest BCUT2D eigenvalue weighted by Gasteiger charge is -1.89. The minimum absolute atomic E-state index is 0.164. The number of alkyl halides is 2. The summed E-state index contributed by atoms with van der Waals surface area (Å²) in [6.07, 6.45) is -0.720. The highest BCUT2D eigenvalue weighted by atomic mass is 32.1. The van der Waals surface area contributed by atoms with E-state index < -0.39 is 6.43 Å². The zero-order chi connectivity index (χ0) is 10.8. The molecular formula is C9H5F2NO2S. The first-order valence-corrected chi connectivity index (χ1v) is 4.81. The zero-order valence-electron chi connectivity index (χ0n) is 7.31. The lowest BCUT2D eigenvalue weighted by Crippen LogP contribution is -1.77. The summed E-state index contributed by atoms with van der Waals surface area (Å²) in [4.78, 5) is 14.4. The fraction of sp³-hybridized carbons (Fsp3) is 0.111. The highest BCUT2D eigenvalue weighted by Gasteiger charge is 2.14. The number of carbonyl (C=O) groups is 1. The molecule has 0 aromatic carbocycles. The monoisotopic (exact) mass is 229 g/mol. The van der Waals surface area contributed by atoms with Gasteiger partial charge >= 0.3 is 0 Å². The van der Waals surface area contributed by atoms with Gasteiger partial charge in [-0.15, -0.1) is 11.3 Å². The maximum Gasteiger partial charge on any atom is 0.289 e. The molecule has 2 aromatic heterocycles. The molecule has 2 heterocycles. The van der Waals surface area contributed by atoms with Gasteiger partial charge in [0.1, 0.15) is 5.76 Å². The average molecular weight is 229 g/mol. The minimum Gasteiger partial charge on any atom is -0.452 e. The molecule has 0 aliphatic rings. The largest absolute Gasteiger partial charge is 0.452 e. The van der Waals surface area contributed by atoms with Crippen LogP contribution in [0.25, 0.3) is 10.6 Å². The highest BCUT2D eigenvalue weighted by molar-refractivity contribution is 7.15. The Morgan fingerprint density at radius 1 is 1.47 bits per heavy atom. The fourth-order valence-electron chi connectivity index (χ4n) is 1.05. The van der Waals surface area contributed by atoms with Crippen LogP contribution in [-0.4, -0.2) is 11.3 Å². The Bertz CT molecular complexity index is 478. The van der Waals surface area contributed by atoms with Gasteiger partial charge in [-0.05, 0) is 12.1 Å². The zero-order valence-corrected chi connectivity index (χ0v) is 8.13. The third-order valence-electron chi connectivity index (χ3n) is 1.70. The van der Waals surface area contributed by atoms with E-state index in [1.54, 1.807) is 6.07 Å². The first-order chi connectivity index (χ1) is 7.20. The number of rotatable bonds is 3. The van der Waals surface area contributed by atoms with Crippen LogP contribution in [0, 0.1) is 0 Å². The van der Waals surface area contributed by atoms with Crippen LogP contribution in [0.4, 0.5) is 8.78 Å². The summed E-state index contributed by atoms with van der Waals surface area (Å²) in [5.41, 5.74) is 0. The first-order valence-electron chi connectivity index (χ1n) is 4.00.